The molecule has 0 atom stereocenters. The van der Waals surface area contributed by atoms with Crippen LogP contribution in [0.2, 0.25) is 0 Å². The lowest BCUT2D eigenvalue weighted by Gasteiger charge is -2.12. The predicted molar refractivity (Wildman–Crippen MR) is 63.0 cm³/mol. The zero-order valence-corrected chi connectivity index (χ0v) is 8.20. The Morgan fingerprint density at radius 3 is 1.86 bits per heavy atom. The smallest absolute Gasteiger partial charge is 0.209 e. The molecule has 0 bridgehead atoms. The van der Waals surface area contributed by atoms with E-state index in [0.717, 1.165) is 11.4 Å². The topological polar surface area (TPSA) is 24.7 Å². The molecule has 0 aromatic heterocycles. The van der Waals surface area contributed by atoms with Gasteiger partial charge in [-0.3, -0.25) is 9.98 Å². The van der Waals surface area contributed by atoms with Crippen molar-refractivity contribution >= 4 is 49.1 Å². The molecule has 2 radical (unpaired) electrons. The molecule has 1 aromatic carbocycles. The highest BCUT2D eigenvalue weighted by Gasteiger charge is 2.22. The highest BCUT2D eigenvalue weighted by Crippen LogP contribution is 2.29. The first kappa shape index (κ1) is 8.04. The Bertz CT molecular complexity index is 448. The van der Waals surface area contributed by atoms with Crippen LogP contribution in [0, 0.1) is 13.8 Å². The van der Waals surface area contributed by atoms with Crippen molar-refractivity contribution in [3.8, 4) is 0 Å². The summed E-state index contributed by atoms with van der Waals surface area (Å²) >= 11 is 0. The van der Waals surface area contributed by atoms with Gasteiger partial charge in [0.15, 0.2) is 0 Å². The molecule has 2 heterocycles. The fourth-order valence-electron chi connectivity index (χ4n) is 2.13. The van der Waals surface area contributed by atoms with E-state index in [2.05, 4.69) is 38.4 Å². The number of rotatable bonds is 0. The molecule has 0 saturated carbocycles. The third-order valence-corrected chi connectivity index (χ3v) is 2.92. The summed E-state index contributed by atoms with van der Waals surface area (Å²) in [4.78, 5) is 8.74. The van der Waals surface area contributed by atoms with Gasteiger partial charge >= 0.3 is 0 Å². The summed E-state index contributed by atoms with van der Waals surface area (Å²) in [6, 6.07) is 0. The quantitative estimate of drug-likeness (QED) is 0.510. The number of fused-ring (bicyclic) bond motifs is 2. The SMILES string of the molecule is Cc1c2c(c(C)c3c1[B]C=N3)N=C[B]2. The fraction of sp³-hybridized carbons (Fsp3) is 0.200. The molecule has 0 saturated heterocycles. The van der Waals surface area contributed by atoms with Crippen LogP contribution < -0.4 is 10.9 Å². The summed E-state index contributed by atoms with van der Waals surface area (Å²) in [7, 11) is 4.15. The van der Waals surface area contributed by atoms with Crippen LogP contribution in [0.15, 0.2) is 9.98 Å². The summed E-state index contributed by atoms with van der Waals surface area (Å²) in [6.45, 7) is 4.22. The Morgan fingerprint density at radius 2 is 1.36 bits per heavy atom. The molecule has 0 spiro atoms. The number of benzene rings is 1. The maximum Gasteiger partial charge on any atom is 0.209 e. The van der Waals surface area contributed by atoms with Crippen LogP contribution in [0.3, 0.4) is 0 Å². The van der Waals surface area contributed by atoms with Crippen molar-refractivity contribution in [1.29, 1.82) is 0 Å². The minimum atomic E-state index is 1.09. The lowest BCUT2D eigenvalue weighted by molar-refractivity contribution is 1.39. The van der Waals surface area contributed by atoms with Gasteiger partial charge in [0.2, 0.25) is 14.6 Å². The standard InChI is InChI=1S/C10H8B2N2/c1-5-7-9(13-3-11-7)6(2)10-8(5)12-4-14-10/h3-4H,1-2H3. The van der Waals surface area contributed by atoms with Crippen molar-refractivity contribution in [2.45, 2.75) is 13.8 Å². The Labute approximate surface area is 84.6 Å². The summed E-state index contributed by atoms with van der Waals surface area (Å²) in [6.07, 6.45) is 3.73. The summed E-state index contributed by atoms with van der Waals surface area (Å²) in [5.41, 5.74) is 7.17. The van der Waals surface area contributed by atoms with Crippen LogP contribution in [-0.2, 0) is 0 Å². The van der Waals surface area contributed by atoms with Crippen LogP contribution in [0.25, 0.3) is 0 Å². The maximum atomic E-state index is 4.37. The monoisotopic (exact) mass is 178 g/mol. The lowest BCUT2D eigenvalue weighted by Crippen LogP contribution is -2.27. The molecule has 64 valence electrons. The van der Waals surface area contributed by atoms with E-state index in [9.17, 15) is 0 Å². The molecule has 0 unspecified atom stereocenters. The van der Waals surface area contributed by atoms with E-state index < -0.39 is 0 Å². The molecule has 2 aliphatic heterocycles. The Morgan fingerprint density at radius 1 is 0.857 bits per heavy atom. The summed E-state index contributed by atoms with van der Waals surface area (Å²) < 4.78 is 0. The highest BCUT2D eigenvalue weighted by molar-refractivity contribution is 6.86. The van der Waals surface area contributed by atoms with Gasteiger partial charge in [0.05, 0.1) is 11.4 Å². The van der Waals surface area contributed by atoms with E-state index in [1.165, 1.54) is 22.1 Å². The molecule has 2 nitrogen and oxygen atoms in total. The second-order valence-corrected chi connectivity index (χ2v) is 3.66. The normalized spacial score (nSPS) is 15.0. The van der Waals surface area contributed by atoms with Gasteiger partial charge in [-0.1, -0.05) is 16.5 Å². The first-order valence-corrected chi connectivity index (χ1v) is 4.71. The van der Waals surface area contributed by atoms with E-state index in [4.69, 9.17) is 0 Å². The third-order valence-electron chi connectivity index (χ3n) is 2.92. The minimum absolute atomic E-state index is 1.09. The Hall–Kier alpha value is -1.31. The average Bonchev–Trinajstić information content (AvgIpc) is 2.82. The van der Waals surface area contributed by atoms with Gasteiger partial charge in [-0.05, 0) is 31.6 Å². The highest BCUT2D eigenvalue weighted by atomic mass is 14.8. The van der Waals surface area contributed by atoms with Crippen molar-refractivity contribution in [1.82, 2.24) is 0 Å². The molecular formula is C10H8B2N2. The molecular weight excluding hydrogens is 170 g/mol. The van der Waals surface area contributed by atoms with Crippen LogP contribution >= 0.6 is 0 Å². The van der Waals surface area contributed by atoms with Crippen molar-refractivity contribution in [2.75, 3.05) is 0 Å². The zero-order chi connectivity index (χ0) is 9.71. The minimum Gasteiger partial charge on any atom is -0.271 e. The van der Waals surface area contributed by atoms with Crippen molar-refractivity contribution < 1.29 is 0 Å². The van der Waals surface area contributed by atoms with Crippen molar-refractivity contribution in [3.63, 3.8) is 0 Å². The molecule has 0 aliphatic carbocycles. The number of nitrogens with zero attached hydrogens (tertiary/aromatic N) is 2. The van der Waals surface area contributed by atoms with Crippen LogP contribution in [-0.4, -0.2) is 26.8 Å². The first-order valence-electron chi connectivity index (χ1n) is 4.71. The molecule has 2 aliphatic rings. The Kier molecular flexibility index (Phi) is 1.49. The molecule has 14 heavy (non-hydrogen) atoms. The van der Waals surface area contributed by atoms with Crippen LogP contribution in [0.4, 0.5) is 11.4 Å². The molecule has 1 aromatic rings. The van der Waals surface area contributed by atoms with Gasteiger partial charge in [0, 0.05) is 0 Å². The first-order chi connectivity index (χ1) is 6.79. The van der Waals surface area contributed by atoms with Crippen LogP contribution in [0.5, 0.6) is 0 Å². The molecule has 3 rings (SSSR count). The fourth-order valence-corrected chi connectivity index (χ4v) is 2.13. The van der Waals surface area contributed by atoms with E-state index in [-0.39, 0.29) is 0 Å². The van der Waals surface area contributed by atoms with Crippen molar-refractivity contribution in [2.24, 2.45) is 9.98 Å². The molecule has 0 fully saturated rings. The second-order valence-electron chi connectivity index (χ2n) is 3.66. The van der Waals surface area contributed by atoms with Gasteiger partial charge in [-0.2, -0.15) is 0 Å². The van der Waals surface area contributed by atoms with Gasteiger partial charge in [-0.15, -0.1) is 0 Å². The predicted octanol–water partition coefficient (Wildman–Crippen LogP) is 0.309. The lowest BCUT2D eigenvalue weighted by atomic mass is 9.63. The molecule has 0 N–H and O–H groups in total. The number of hydrogen-bond acceptors (Lipinski definition) is 2. The van der Waals surface area contributed by atoms with Gasteiger partial charge in [-0.25, -0.2) is 0 Å². The Balaban J connectivity index is 2.41. The molecule has 0 amide bonds. The van der Waals surface area contributed by atoms with Crippen molar-refractivity contribution in [3.05, 3.63) is 11.1 Å². The third kappa shape index (κ3) is 0.834. The summed E-state index contributed by atoms with van der Waals surface area (Å²) in [5.74, 6) is 0. The van der Waals surface area contributed by atoms with Crippen LogP contribution in [0.1, 0.15) is 11.1 Å². The summed E-state index contributed by atoms with van der Waals surface area (Å²) in [5, 5.41) is 0. The molecule has 4 heteroatoms. The zero-order valence-electron chi connectivity index (χ0n) is 8.20. The average molecular weight is 178 g/mol. The number of hydrogen-bond donors (Lipinski definition) is 0. The van der Waals surface area contributed by atoms with Gasteiger partial charge in [0.1, 0.15) is 0 Å². The van der Waals surface area contributed by atoms with Gasteiger partial charge < -0.3 is 0 Å². The van der Waals surface area contributed by atoms with E-state index in [1.54, 1.807) is 0 Å². The number of aliphatic imine (C=N–C) groups is 2. The largest absolute Gasteiger partial charge is 0.271 e. The van der Waals surface area contributed by atoms with Gasteiger partial charge in [0.25, 0.3) is 0 Å². The maximum absolute atomic E-state index is 4.37. The van der Waals surface area contributed by atoms with E-state index in [0.29, 0.717) is 0 Å². The van der Waals surface area contributed by atoms with E-state index >= 15 is 0 Å². The van der Waals surface area contributed by atoms with E-state index in [1.807, 2.05) is 12.2 Å². The second kappa shape index (κ2) is 2.59.